The minimum Gasteiger partial charge on any atom is -0.483 e. The van der Waals surface area contributed by atoms with Crippen molar-refractivity contribution in [3.8, 4) is 5.75 Å². The van der Waals surface area contributed by atoms with Crippen LogP contribution in [-0.2, 0) is 11.3 Å². The second kappa shape index (κ2) is 7.80. The standard InChI is InChI=1S/C14H13BrN2O3S/c15-11-5-1-2-6-12(11)20-9-13(18)17-14(19)16-8-10-4-3-7-21-10/h1-7H,8-9H2,(H2,16,17,18,19). The molecule has 5 nitrogen and oxygen atoms in total. The number of carbonyl (C=O) groups excluding carboxylic acids is 2. The number of ether oxygens (including phenoxy) is 1. The highest BCUT2D eigenvalue weighted by atomic mass is 79.9. The van der Waals surface area contributed by atoms with Gasteiger partial charge in [0, 0.05) is 4.88 Å². The highest BCUT2D eigenvalue weighted by molar-refractivity contribution is 9.10. The van der Waals surface area contributed by atoms with Gasteiger partial charge in [-0.1, -0.05) is 18.2 Å². The average molecular weight is 369 g/mol. The first-order chi connectivity index (χ1) is 10.1. The molecule has 0 aliphatic rings. The first kappa shape index (κ1) is 15.5. The van der Waals surface area contributed by atoms with E-state index >= 15 is 0 Å². The van der Waals surface area contributed by atoms with Gasteiger partial charge in [-0.2, -0.15) is 0 Å². The van der Waals surface area contributed by atoms with Crippen molar-refractivity contribution in [3.05, 3.63) is 51.1 Å². The summed E-state index contributed by atoms with van der Waals surface area (Å²) in [5, 5.41) is 6.73. The third-order valence-corrected chi connectivity index (χ3v) is 3.98. The Hall–Kier alpha value is -1.86. The van der Waals surface area contributed by atoms with Crippen LogP contribution in [0.25, 0.3) is 0 Å². The lowest BCUT2D eigenvalue weighted by Gasteiger charge is -2.08. The summed E-state index contributed by atoms with van der Waals surface area (Å²) in [6, 6.07) is 10.4. The quantitative estimate of drug-likeness (QED) is 0.852. The first-order valence-corrected chi connectivity index (χ1v) is 7.80. The Balaban J connectivity index is 1.71. The van der Waals surface area contributed by atoms with E-state index in [1.165, 1.54) is 11.3 Å². The zero-order valence-corrected chi connectivity index (χ0v) is 13.4. The highest BCUT2D eigenvalue weighted by Crippen LogP contribution is 2.23. The number of hydrogen-bond donors (Lipinski definition) is 2. The number of urea groups is 1. The molecule has 0 aliphatic heterocycles. The van der Waals surface area contributed by atoms with E-state index < -0.39 is 11.9 Å². The van der Waals surface area contributed by atoms with Gasteiger partial charge in [-0.25, -0.2) is 4.79 Å². The van der Waals surface area contributed by atoms with Gasteiger partial charge in [0.1, 0.15) is 5.75 Å². The van der Waals surface area contributed by atoms with E-state index in [0.717, 1.165) is 9.35 Å². The Morgan fingerprint density at radius 1 is 1.19 bits per heavy atom. The number of rotatable bonds is 5. The van der Waals surface area contributed by atoms with Crippen molar-refractivity contribution in [2.75, 3.05) is 6.61 Å². The van der Waals surface area contributed by atoms with E-state index in [2.05, 4.69) is 26.6 Å². The normalized spacial score (nSPS) is 9.95. The fourth-order valence-electron chi connectivity index (χ4n) is 1.49. The van der Waals surface area contributed by atoms with Crippen molar-refractivity contribution in [1.29, 1.82) is 0 Å². The molecule has 2 rings (SSSR count). The molecule has 2 aromatic rings. The van der Waals surface area contributed by atoms with Crippen LogP contribution in [0.1, 0.15) is 4.88 Å². The summed E-state index contributed by atoms with van der Waals surface area (Å²) in [5.74, 6) is 0.0427. The van der Waals surface area contributed by atoms with Crippen molar-refractivity contribution in [3.63, 3.8) is 0 Å². The second-order valence-electron chi connectivity index (χ2n) is 4.03. The minimum atomic E-state index is -0.538. The van der Waals surface area contributed by atoms with Crippen molar-refractivity contribution in [2.45, 2.75) is 6.54 Å². The molecule has 0 saturated carbocycles. The third-order valence-electron chi connectivity index (χ3n) is 2.45. The number of benzene rings is 1. The number of halogens is 1. The lowest BCUT2D eigenvalue weighted by atomic mass is 10.3. The maximum Gasteiger partial charge on any atom is 0.321 e. The molecular formula is C14H13BrN2O3S. The summed E-state index contributed by atoms with van der Waals surface area (Å²) < 4.78 is 6.06. The molecule has 0 radical (unpaired) electrons. The lowest BCUT2D eigenvalue weighted by molar-refractivity contribution is -0.122. The number of imide groups is 1. The fraction of sp³-hybridized carbons (Fsp3) is 0.143. The Kier molecular flexibility index (Phi) is 5.77. The zero-order chi connectivity index (χ0) is 15.1. The molecule has 0 aliphatic carbocycles. The van der Waals surface area contributed by atoms with E-state index in [1.807, 2.05) is 23.6 Å². The van der Waals surface area contributed by atoms with Gasteiger partial charge in [0.25, 0.3) is 5.91 Å². The topological polar surface area (TPSA) is 67.4 Å². The molecule has 3 amide bonds. The third kappa shape index (κ3) is 5.20. The van der Waals surface area contributed by atoms with Gasteiger partial charge in [-0.15, -0.1) is 11.3 Å². The minimum absolute atomic E-state index is 0.227. The largest absolute Gasteiger partial charge is 0.483 e. The van der Waals surface area contributed by atoms with Gasteiger partial charge in [-0.05, 0) is 39.5 Å². The Bertz CT molecular complexity index is 616. The fourth-order valence-corrected chi connectivity index (χ4v) is 2.54. The molecule has 110 valence electrons. The predicted molar refractivity (Wildman–Crippen MR) is 84.3 cm³/mol. The van der Waals surface area contributed by atoms with E-state index in [-0.39, 0.29) is 6.61 Å². The lowest BCUT2D eigenvalue weighted by Crippen LogP contribution is -2.41. The van der Waals surface area contributed by atoms with Crippen molar-refractivity contribution in [2.24, 2.45) is 0 Å². The Morgan fingerprint density at radius 2 is 2.00 bits per heavy atom. The van der Waals surface area contributed by atoms with Gasteiger partial charge in [0.15, 0.2) is 6.61 Å². The van der Waals surface area contributed by atoms with Crippen LogP contribution < -0.4 is 15.4 Å². The monoisotopic (exact) mass is 368 g/mol. The smallest absolute Gasteiger partial charge is 0.321 e. The number of carbonyl (C=O) groups is 2. The summed E-state index contributed by atoms with van der Waals surface area (Å²) in [5.41, 5.74) is 0. The molecule has 0 fully saturated rings. The Labute approximate surface area is 134 Å². The molecule has 0 unspecified atom stereocenters. The van der Waals surface area contributed by atoms with Gasteiger partial charge >= 0.3 is 6.03 Å². The average Bonchev–Trinajstić information content (AvgIpc) is 2.97. The van der Waals surface area contributed by atoms with E-state index in [0.29, 0.717) is 12.3 Å². The molecule has 0 atom stereocenters. The Morgan fingerprint density at radius 3 is 2.71 bits per heavy atom. The molecule has 1 heterocycles. The van der Waals surface area contributed by atoms with E-state index in [4.69, 9.17) is 4.74 Å². The summed E-state index contributed by atoms with van der Waals surface area (Å²) in [7, 11) is 0. The number of hydrogen-bond acceptors (Lipinski definition) is 4. The van der Waals surface area contributed by atoms with Crippen LogP contribution in [0.15, 0.2) is 46.3 Å². The molecule has 0 spiro atoms. The molecule has 0 bridgehead atoms. The van der Waals surface area contributed by atoms with Gasteiger partial charge in [0.2, 0.25) is 0 Å². The highest BCUT2D eigenvalue weighted by Gasteiger charge is 2.09. The molecular weight excluding hydrogens is 356 g/mol. The maximum absolute atomic E-state index is 11.6. The van der Waals surface area contributed by atoms with E-state index in [1.54, 1.807) is 18.2 Å². The number of thiophene rings is 1. The zero-order valence-electron chi connectivity index (χ0n) is 11.0. The predicted octanol–water partition coefficient (Wildman–Crippen LogP) is 2.92. The molecule has 1 aromatic heterocycles. The van der Waals surface area contributed by atoms with Crippen LogP contribution in [0.5, 0.6) is 5.75 Å². The van der Waals surface area contributed by atoms with Crippen molar-refractivity contribution < 1.29 is 14.3 Å². The van der Waals surface area contributed by atoms with E-state index in [9.17, 15) is 9.59 Å². The van der Waals surface area contributed by atoms with Crippen LogP contribution in [0.4, 0.5) is 4.79 Å². The summed E-state index contributed by atoms with van der Waals surface area (Å²) in [6.07, 6.45) is 0. The van der Waals surface area contributed by atoms with Crippen LogP contribution in [0, 0.1) is 0 Å². The molecule has 1 aromatic carbocycles. The molecule has 0 saturated heterocycles. The number of amides is 3. The van der Waals surface area contributed by atoms with Gasteiger partial charge in [-0.3, -0.25) is 10.1 Å². The second-order valence-corrected chi connectivity index (χ2v) is 5.92. The van der Waals surface area contributed by atoms with Crippen LogP contribution in [0.2, 0.25) is 0 Å². The summed E-state index contributed by atoms with van der Waals surface area (Å²) >= 11 is 4.84. The number of nitrogens with one attached hydrogen (secondary N) is 2. The van der Waals surface area contributed by atoms with Crippen molar-refractivity contribution >= 4 is 39.2 Å². The van der Waals surface area contributed by atoms with Crippen LogP contribution >= 0.6 is 27.3 Å². The number of para-hydroxylation sites is 1. The van der Waals surface area contributed by atoms with Crippen molar-refractivity contribution in [1.82, 2.24) is 10.6 Å². The summed E-state index contributed by atoms with van der Waals surface area (Å²) in [4.78, 5) is 24.1. The van der Waals surface area contributed by atoms with Gasteiger partial charge in [0.05, 0.1) is 11.0 Å². The maximum atomic E-state index is 11.6. The molecule has 7 heteroatoms. The SMILES string of the molecule is O=C(COc1ccccc1Br)NC(=O)NCc1cccs1. The van der Waals surface area contributed by atoms with Crippen LogP contribution in [0.3, 0.4) is 0 Å². The molecule has 21 heavy (non-hydrogen) atoms. The first-order valence-electron chi connectivity index (χ1n) is 6.12. The van der Waals surface area contributed by atoms with Crippen LogP contribution in [-0.4, -0.2) is 18.5 Å². The molecule has 2 N–H and O–H groups in total. The van der Waals surface area contributed by atoms with Gasteiger partial charge < -0.3 is 10.1 Å². The summed E-state index contributed by atoms with van der Waals surface area (Å²) in [6.45, 7) is 0.164.